The van der Waals surface area contributed by atoms with Gasteiger partial charge in [0.05, 0.1) is 6.42 Å². The normalized spacial score (nSPS) is 10.6. The Morgan fingerprint density at radius 1 is 1.04 bits per heavy atom. The summed E-state index contributed by atoms with van der Waals surface area (Å²) in [6.45, 7) is 0. The van der Waals surface area contributed by atoms with Gasteiger partial charge in [-0.3, -0.25) is 9.59 Å². The van der Waals surface area contributed by atoms with Gasteiger partial charge >= 0.3 is 18.1 Å². The highest BCUT2D eigenvalue weighted by Gasteiger charge is 2.38. The zero-order valence-corrected chi connectivity index (χ0v) is 14.7. The van der Waals surface area contributed by atoms with Gasteiger partial charge in [0.1, 0.15) is 11.4 Å². The van der Waals surface area contributed by atoms with Crippen molar-refractivity contribution in [2.45, 2.75) is 19.0 Å². The number of hydrogen-bond acceptors (Lipinski definition) is 5. The number of carboxylic acid groups (broad SMARTS) is 2. The fourth-order valence-electron chi connectivity index (χ4n) is 1.83. The predicted octanol–water partition coefficient (Wildman–Crippen LogP) is 3.79. The van der Waals surface area contributed by atoms with Crippen LogP contribution in [0.1, 0.15) is 23.3 Å². The van der Waals surface area contributed by atoms with E-state index in [1.165, 1.54) is 12.3 Å². The zero-order chi connectivity index (χ0) is 21.5. The largest absolute Gasteiger partial charge is 0.506 e. The quantitative estimate of drug-likeness (QED) is 0.629. The van der Waals surface area contributed by atoms with E-state index in [-0.39, 0.29) is 24.3 Å². The molecule has 0 aliphatic carbocycles. The molecule has 7 nitrogen and oxygen atoms in total. The van der Waals surface area contributed by atoms with E-state index in [0.717, 1.165) is 5.56 Å². The molecule has 1 aromatic heterocycles. The fourth-order valence-corrected chi connectivity index (χ4v) is 2.02. The van der Waals surface area contributed by atoms with Gasteiger partial charge in [-0.25, -0.2) is 9.78 Å². The molecule has 0 amide bonds. The average molecular weight is 420 g/mol. The Balaban J connectivity index is 0.000000480. The second-order valence-electron chi connectivity index (χ2n) is 5.22. The first-order chi connectivity index (χ1) is 12.9. The van der Waals surface area contributed by atoms with Crippen molar-refractivity contribution in [2.24, 2.45) is 0 Å². The number of aliphatic carboxylic acids is 2. The maximum absolute atomic E-state index is 11.8. The Hall–Kier alpha value is -3.14. The third-order valence-corrected chi connectivity index (χ3v) is 3.33. The van der Waals surface area contributed by atoms with E-state index < -0.39 is 23.9 Å². The third kappa shape index (κ3) is 7.23. The number of aromatic hydroxyl groups is 1. The summed E-state index contributed by atoms with van der Waals surface area (Å²) in [6, 6.07) is 8.41. The van der Waals surface area contributed by atoms with Crippen molar-refractivity contribution in [1.29, 1.82) is 0 Å². The molecule has 28 heavy (non-hydrogen) atoms. The first-order valence-electron chi connectivity index (χ1n) is 7.42. The number of carbonyl (C=O) groups excluding carboxylic acids is 1. The summed E-state index contributed by atoms with van der Waals surface area (Å²) in [7, 11) is 0. The van der Waals surface area contributed by atoms with E-state index in [2.05, 4.69) is 4.98 Å². The highest BCUT2D eigenvalue weighted by atomic mass is 35.5. The first kappa shape index (κ1) is 22.9. The molecule has 0 unspecified atom stereocenters. The molecule has 3 N–H and O–H groups in total. The summed E-state index contributed by atoms with van der Waals surface area (Å²) in [5.41, 5.74) is 1.25. The van der Waals surface area contributed by atoms with E-state index in [9.17, 15) is 27.9 Å². The van der Waals surface area contributed by atoms with Gasteiger partial charge in [0.15, 0.2) is 5.78 Å². The van der Waals surface area contributed by atoms with Crippen molar-refractivity contribution in [1.82, 2.24) is 4.98 Å². The molecular formula is C17H13ClF3NO6. The van der Waals surface area contributed by atoms with Crippen molar-refractivity contribution >= 4 is 29.3 Å². The van der Waals surface area contributed by atoms with Crippen LogP contribution in [0.4, 0.5) is 13.2 Å². The number of nitrogens with zero attached hydrogens (tertiary/aromatic N) is 1. The Morgan fingerprint density at radius 2 is 1.64 bits per heavy atom. The summed E-state index contributed by atoms with van der Waals surface area (Å²) in [5.74, 6) is -4.61. The van der Waals surface area contributed by atoms with Crippen molar-refractivity contribution in [3.05, 3.63) is 47.2 Å². The molecule has 11 heteroatoms. The number of pyridine rings is 1. The number of carbonyl (C=O) groups is 3. The summed E-state index contributed by atoms with van der Waals surface area (Å²) in [6.07, 6.45) is -4.14. The van der Waals surface area contributed by atoms with Gasteiger partial charge in [0.25, 0.3) is 0 Å². The second-order valence-corrected chi connectivity index (χ2v) is 5.66. The summed E-state index contributed by atoms with van der Waals surface area (Å²) >= 11 is 5.89. The molecular weight excluding hydrogens is 407 g/mol. The topological polar surface area (TPSA) is 125 Å². The van der Waals surface area contributed by atoms with E-state index in [0.29, 0.717) is 10.6 Å². The smallest absolute Gasteiger partial charge is 0.490 e. The van der Waals surface area contributed by atoms with Crippen molar-refractivity contribution in [3.8, 4) is 16.9 Å². The van der Waals surface area contributed by atoms with Crippen LogP contribution in [0.5, 0.6) is 5.75 Å². The van der Waals surface area contributed by atoms with Crippen LogP contribution in [0, 0.1) is 0 Å². The summed E-state index contributed by atoms with van der Waals surface area (Å²) in [5, 5.41) is 26.1. The van der Waals surface area contributed by atoms with Crippen molar-refractivity contribution in [2.75, 3.05) is 0 Å². The molecule has 0 fully saturated rings. The number of aromatic nitrogens is 1. The molecule has 2 rings (SSSR count). The van der Waals surface area contributed by atoms with Crippen LogP contribution in [-0.2, 0) is 9.59 Å². The molecule has 0 saturated heterocycles. The molecule has 0 spiro atoms. The molecule has 0 radical (unpaired) electrons. The van der Waals surface area contributed by atoms with Gasteiger partial charge in [0, 0.05) is 23.2 Å². The zero-order valence-electron chi connectivity index (χ0n) is 13.9. The molecule has 0 aliphatic rings. The lowest BCUT2D eigenvalue weighted by atomic mass is 10.1. The van der Waals surface area contributed by atoms with Gasteiger partial charge in [-0.2, -0.15) is 13.2 Å². The number of rotatable bonds is 5. The molecule has 0 aliphatic heterocycles. The van der Waals surface area contributed by atoms with Crippen LogP contribution in [0.25, 0.3) is 11.1 Å². The Bertz CT molecular complexity index is 885. The van der Waals surface area contributed by atoms with Crippen LogP contribution < -0.4 is 0 Å². The fraction of sp³-hybridized carbons (Fsp3) is 0.176. The molecule has 0 bridgehead atoms. The van der Waals surface area contributed by atoms with Crippen LogP contribution in [0.15, 0.2) is 36.5 Å². The van der Waals surface area contributed by atoms with Gasteiger partial charge in [0.2, 0.25) is 0 Å². The van der Waals surface area contributed by atoms with E-state index in [4.69, 9.17) is 26.6 Å². The third-order valence-electron chi connectivity index (χ3n) is 3.10. The molecule has 0 atom stereocenters. The highest BCUT2D eigenvalue weighted by Crippen LogP contribution is 2.27. The monoisotopic (exact) mass is 419 g/mol. The van der Waals surface area contributed by atoms with E-state index in [1.807, 2.05) is 0 Å². The maximum Gasteiger partial charge on any atom is 0.490 e. The van der Waals surface area contributed by atoms with Crippen molar-refractivity contribution < 1.29 is 42.9 Å². The number of halogens is 4. The number of carboxylic acids is 2. The number of Topliss-reactive ketones (excluding diaryl/α,β-unsaturated/α-hetero) is 1. The molecule has 2 aromatic rings. The van der Waals surface area contributed by atoms with Gasteiger partial charge in [-0.15, -0.1) is 0 Å². The number of ketones is 1. The van der Waals surface area contributed by atoms with Crippen molar-refractivity contribution in [3.63, 3.8) is 0 Å². The lowest BCUT2D eigenvalue weighted by Crippen LogP contribution is -2.21. The standard InChI is InChI=1S/C15H12ClNO4.C2HF3O2/c16-11-3-1-2-9(6-11)10-7-13(19)15(17-8-10)12(18)4-5-14(20)21;3-2(4,5)1(6)7/h1-3,6-8,19H,4-5H2,(H,20,21);(H,6,7). The Labute approximate surface area is 161 Å². The predicted molar refractivity (Wildman–Crippen MR) is 91.2 cm³/mol. The summed E-state index contributed by atoms with van der Waals surface area (Å²) in [4.78, 5) is 35.0. The van der Waals surface area contributed by atoms with Crippen LogP contribution in [0.2, 0.25) is 5.02 Å². The Morgan fingerprint density at radius 3 is 2.11 bits per heavy atom. The lowest BCUT2D eigenvalue weighted by Gasteiger charge is -2.06. The number of alkyl halides is 3. The molecule has 1 heterocycles. The minimum absolute atomic E-state index is 0.123. The Kier molecular flexibility index (Phi) is 7.93. The maximum atomic E-state index is 11.8. The molecule has 0 saturated carbocycles. The highest BCUT2D eigenvalue weighted by molar-refractivity contribution is 6.30. The minimum Gasteiger partial charge on any atom is -0.506 e. The van der Waals surface area contributed by atoms with Gasteiger partial charge < -0.3 is 15.3 Å². The van der Waals surface area contributed by atoms with Gasteiger partial charge in [-0.05, 0) is 23.8 Å². The average Bonchev–Trinajstić information content (AvgIpc) is 2.59. The SMILES string of the molecule is O=C(O)C(F)(F)F.O=C(O)CCC(=O)c1ncc(-c2cccc(Cl)c2)cc1O. The van der Waals surface area contributed by atoms with Crippen LogP contribution in [0.3, 0.4) is 0 Å². The number of hydrogen-bond donors (Lipinski definition) is 3. The summed E-state index contributed by atoms with van der Waals surface area (Å²) < 4.78 is 31.7. The molecule has 150 valence electrons. The number of benzene rings is 1. The molecule has 1 aromatic carbocycles. The first-order valence-corrected chi connectivity index (χ1v) is 7.79. The van der Waals surface area contributed by atoms with Gasteiger partial charge in [-0.1, -0.05) is 23.7 Å². The minimum atomic E-state index is -5.08. The van der Waals surface area contributed by atoms with E-state index in [1.54, 1.807) is 24.3 Å². The lowest BCUT2D eigenvalue weighted by molar-refractivity contribution is -0.192. The van der Waals surface area contributed by atoms with Crippen LogP contribution in [-0.4, -0.2) is 44.2 Å². The van der Waals surface area contributed by atoms with E-state index >= 15 is 0 Å². The second kappa shape index (κ2) is 9.70. The van der Waals surface area contributed by atoms with Crippen LogP contribution >= 0.6 is 11.6 Å².